The summed E-state index contributed by atoms with van der Waals surface area (Å²) < 4.78 is 10.9. The number of hydrogen-bond donors (Lipinski definition) is 1. The number of carbonyl (C=O) groups excluding carboxylic acids is 2. The fourth-order valence-electron chi connectivity index (χ4n) is 4.46. The van der Waals surface area contributed by atoms with Gasteiger partial charge < -0.3 is 24.4 Å². The van der Waals surface area contributed by atoms with Crippen LogP contribution in [0.15, 0.2) is 0 Å². The van der Waals surface area contributed by atoms with Gasteiger partial charge in [0, 0.05) is 26.2 Å². The fourth-order valence-corrected chi connectivity index (χ4v) is 4.46. The number of piperidine rings is 2. The average molecular weight is 455 g/mol. The topological polar surface area (TPSA) is 96.4 Å². The van der Waals surface area contributed by atoms with Gasteiger partial charge in [-0.2, -0.15) is 0 Å². The fraction of sp³-hybridized carbons (Fsp3) is 0.875. The van der Waals surface area contributed by atoms with Crippen LogP contribution < -0.4 is 0 Å². The lowest BCUT2D eigenvalue weighted by Crippen LogP contribution is -2.43. The highest BCUT2D eigenvalue weighted by molar-refractivity contribution is 5.70. The van der Waals surface area contributed by atoms with Crippen LogP contribution in [0.5, 0.6) is 0 Å². The van der Waals surface area contributed by atoms with Gasteiger partial charge in [-0.1, -0.05) is 0 Å². The number of aliphatic carboxylic acids is 1. The smallest absolute Gasteiger partial charge is 0.410 e. The van der Waals surface area contributed by atoms with E-state index in [4.69, 9.17) is 9.47 Å². The van der Waals surface area contributed by atoms with Crippen LogP contribution in [-0.4, -0.2) is 70.4 Å². The van der Waals surface area contributed by atoms with Crippen molar-refractivity contribution in [3.8, 4) is 0 Å². The van der Waals surface area contributed by atoms with Gasteiger partial charge in [-0.3, -0.25) is 4.79 Å². The monoisotopic (exact) mass is 454 g/mol. The van der Waals surface area contributed by atoms with Crippen LogP contribution in [-0.2, 0) is 14.3 Å². The Bertz CT molecular complexity index is 600. The molecule has 2 aliphatic heterocycles. The summed E-state index contributed by atoms with van der Waals surface area (Å²) in [6.07, 6.45) is 3.93. The molecule has 2 aliphatic rings. The largest absolute Gasteiger partial charge is 0.481 e. The summed E-state index contributed by atoms with van der Waals surface area (Å²) in [5.41, 5.74) is -1.03. The van der Waals surface area contributed by atoms with E-state index >= 15 is 0 Å². The Labute approximate surface area is 192 Å². The molecule has 2 rings (SSSR count). The third-order valence-corrected chi connectivity index (χ3v) is 6.12. The lowest BCUT2D eigenvalue weighted by molar-refractivity contribution is -0.143. The van der Waals surface area contributed by atoms with Crippen molar-refractivity contribution in [3.05, 3.63) is 0 Å². The van der Waals surface area contributed by atoms with E-state index in [0.717, 1.165) is 25.7 Å². The molecule has 184 valence electrons. The van der Waals surface area contributed by atoms with E-state index in [9.17, 15) is 19.5 Å². The molecule has 0 aliphatic carbocycles. The quantitative estimate of drug-likeness (QED) is 0.643. The van der Waals surface area contributed by atoms with Crippen molar-refractivity contribution in [2.24, 2.45) is 17.8 Å². The third-order valence-electron chi connectivity index (χ3n) is 6.12. The second kappa shape index (κ2) is 10.8. The number of likely N-dealkylation sites (tertiary alicyclic amines) is 2. The van der Waals surface area contributed by atoms with Gasteiger partial charge in [0.25, 0.3) is 0 Å². The van der Waals surface area contributed by atoms with Gasteiger partial charge in [0.15, 0.2) is 0 Å². The maximum Gasteiger partial charge on any atom is 0.410 e. The molecule has 0 radical (unpaired) electrons. The molecule has 0 atom stereocenters. The van der Waals surface area contributed by atoms with Crippen molar-refractivity contribution in [2.75, 3.05) is 26.2 Å². The lowest BCUT2D eigenvalue weighted by Gasteiger charge is -2.36. The first-order valence-electron chi connectivity index (χ1n) is 11.9. The summed E-state index contributed by atoms with van der Waals surface area (Å²) >= 11 is 0. The number of carboxylic acid groups (broad SMARTS) is 1. The number of ether oxygens (including phenoxy) is 2. The lowest BCUT2D eigenvalue weighted by atomic mass is 9.80. The molecule has 8 nitrogen and oxygen atoms in total. The van der Waals surface area contributed by atoms with Crippen LogP contribution in [0, 0.1) is 17.8 Å². The van der Waals surface area contributed by atoms with Crippen LogP contribution in [0.25, 0.3) is 0 Å². The zero-order valence-corrected chi connectivity index (χ0v) is 20.7. The van der Waals surface area contributed by atoms with Crippen molar-refractivity contribution in [1.29, 1.82) is 0 Å². The average Bonchev–Trinajstić information content (AvgIpc) is 2.65. The highest BCUT2D eigenvalue weighted by Crippen LogP contribution is 2.32. The molecule has 2 saturated heterocycles. The van der Waals surface area contributed by atoms with Gasteiger partial charge in [0.1, 0.15) is 11.2 Å². The van der Waals surface area contributed by atoms with Crippen LogP contribution in [0.4, 0.5) is 9.59 Å². The minimum Gasteiger partial charge on any atom is -0.481 e. The maximum atomic E-state index is 12.2. The molecule has 2 amide bonds. The van der Waals surface area contributed by atoms with E-state index in [1.165, 1.54) is 0 Å². The Hall–Kier alpha value is -1.99. The van der Waals surface area contributed by atoms with E-state index in [1.54, 1.807) is 9.80 Å². The third kappa shape index (κ3) is 8.87. The Morgan fingerprint density at radius 2 is 1.06 bits per heavy atom. The summed E-state index contributed by atoms with van der Waals surface area (Å²) in [5.74, 6) is -0.520. The molecule has 32 heavy (non-hydrogen) atoms. The van der Waals surface area contributed by atoms with Crippen LogP contribution >= 0.6 is 0 Å². The van der Waals surface area contributed by atoms with E-state index in [1.807, 2.05) is 41.5 Å². The summed E-state index contributed by atoms with van der Waals surface area (Å²) in [6.45, 7) is 13.6. The number of rotatable bonds is 5. The van der Waals surface area contributed by atoms with Gasteiger partial charge >= 0.3 is 18.2 Å². The summed E-state index contributed by atoms with van der Waals surface area (Å²) in [7, 11) is 0. The predicted octanol–water partition coefficient (Wildman–Crippen LogP) is 4.76. The van der Waals surface area contributed by atoms with E-state index in [2.05, 4.69) is 0 Å². The van der Waals surface area contributed by atoms with Crippen molar-refractivity contribution in [3.63, 3.8) is 0 Å². The Kier molecular flexibility index (Phi) is 8.82. The number of nitrogens with zero attached hydrogens (tertiary/aromatic N) is 2. The molecule has 2 fully saturated rings. The molecule has 0 unspecified atom stereocenters. The standard InChI is InChI=1S/C24H42N2O6/c1-23(2,3)31-21(29)25-11-7-17(8-12-25)15-19(20(27)28)16-18-9-13-26(14-10-18)22(30)32-24(4,5)6/h17-19H,7-16H2,1-6H3,(H,27,28). The van der Waals surface area contributed by atoms with Crippen LogP contribution in [0.1, 0.15) is 80.1 Å². The van der Waals surface area contributed by atoms with Crippen LogP contribution in [0.3, 0.4) is 0 Å². The Morgan fingerprint density at radius 1 is 0.750 bits per heavy atom. The maximum absolute atomic E-state index is 12.2. The minimum absolute atomic E-state index is 0.289. The molecule has 8 heteroatoms. The molecular weight excluding hydrogens is 412 g/mol. The van der Waals surface area contributed by atoms with Crippen molar-refractivity contribution in [2.45, 2.75) is 91.3 Å². The molecule has 0 saturated carbocycles. The summed E-state index contributed by atoms with van der Waals surface area (Å²) in [5, 5.41) is 9.80. The first-order chi connectivity index (χ1) is 14.7. The van der Waals surface area contributed by atoms with Gasteiger partial charge in [-0.25, -0.2) is 9.59 Å². The predicted molar refractivity (Wildman–Crippen MR) is 121 cm³/mol. The first kappa shape index (κ1) is 26.3. The molecule has 2 heterocycles. The number of carboxylic acids is 1. The molecule has 0 bridgehead atoms. The second-order valence-electron chi connectivity index (χ2n) is 11.3. The minimum atomic E-state index is -0.742. The molecule has 0 aromatic rings. The second-order valence-corrected chi connectivity index (χ2v) is 11.3. The van der Waals surface area contributed by atoms with E-state index < -0.39 is 17.2 Å². The van der Waals surface area contributed by atoms with Crippen LogP contribution in [0.2, 0.25) is 0 Å². The normalized spacial score (nSPS) is 19.2. The Morgan fingerprint density at radius 3 is 1.31 bits per heavy atom. The number of hydrogen-bond acceptors (Lipinski definition) is 5. The molecule has 1 N–H and O–H groups in total. The summed E-state index contributed by atoms with van der Waals surface area (Å²) in [6, 6.07) is 0. The van der Waals surface area contributed by atoms with Gasteiger partial charge in [0.05, 0.1) is 5.92 Å². The van der Waals surface area contributed by atoms with Crippen molar-refractivity contribution in [1.82, 2.24) is 9.80 Å². The van der Waals surface area contributed by atoms with Gasteiger partial charge in [0.2, 0.25) is 0 Å². The molecule has 0 aromatic carbocycles. The molecular formula is C24H42N2O6. The first-order valence-corrected chi connectivity index (χ1v) is 11.9. The van der Waals surface area contributed by atoms with E-state index in [0.29, 0.717) is 50.9 Å². The van der Waals surface area contributed by atoms with Gasteiger partial charge in [-0.15, -0.1) is 0 Å². The van der Waals surface area contributed by atoms with Gasteiger partial charge in [-0.05, 0) is 91.9 Å². The number of carbonyl (C=O) groups is 3. The Balaban J connectivity index is 1.78. The molecule has 0 spiro atoms. The zero-order chi connectivity index (χ0) is 24.1. The number of amides is 2. The highest BCUT2D eigenvalue weighted by Gasteiger charge is 2.33. The van der Waals surface area contributed by atoms with Crippen molar-refractivity contribution >= 4 is 18.2 Å². The van der Waals surface area contributed by atoms with E-state index in [-0.39, 0.29) is 18.1 Å². The summed E-state index contributed by atoms with van der Waals surface area (Å²) in [4.78, 5) is 39.9. The SMILES string of the molecule is CC(C)(C)OC(=O)N1CCC(CC(CC2CCN(C(=O)OC(C)(C)C)CC2)C(=O)O)CC1. The zero-order valence-electron chi connectivity index (χ0n) is 20.7. The highest BCUT2D eigenvalue weighted by atomic mass is 16.6. The van der Waals surface area contributed by atoms with Crippen molar-refractivity contribution < 1.29 is 29.0 Å². The molecule has 0 aromatic heterocycles.